The van der Waals surface area contributed by atoms with Gasteiger partial charge in [-0.3, -0.25) is 4.68 Å². The summed E-state index contributed by atoms with van der Waals surface area (Å²) in [6.45, 7) is 4.05. The number of aromatic nitrogens is 4. The fourth-order valence-electron chi connectivity index (χ4n) is 2.49. The van der Waals surface area contributed by atoms with E-state index in [1.807, 2.05) is 19.1 Å². The number of hydrogen-bond donors (Lipinski definition) is 1. The fraction of sp³-hybridized carbons (Fsp3) is 0.278. The van der Waals surface area contributed by atoms with Gasteiger partial charge in [0.2, 0.25) is 5.95 Å². The molecule has 26 heavy (non-hydrogen) atoms. The van der Waals surface area contributed by atoms with Crippen molar-refractivity contribution in [2.24, 2.45) is 7.05 Å². The molecule has 1 aromatic carbocycles. The minimum absolute atomic E-state index is 0.139. The summed E-state index contributed by atoms with van der Waals surface area (Å²) >= 11 is 1.75. The van der Waals surface area contributed by atoms with Crippen molar-refractivity contribution in [3.05, 3.63) is 47.9 Å². The van der Waals surface area contributed by atoms with Crippen molar-refractivity contribution in [3.63, 3.8) is 0 Å². The molecular weight excluding hydrogens is 356 g/mol. The van der Waals surface area contributed by atoms with Crippen LogP contribution in [0.5, 0.6) is 0 Å². The second-order valence-electron chi connectivity index (χ2n) is 5.74. The third kappa shape index (κ3) is 4.19. The van der Waals surface area contributed by atoms with Gasteiger partial charge in [0, 0.05) is 29.4 Å². The molecule has 2 aromatic heterocycles. The predicted octanol–water partition coefficient (Wildman–Crippen LogP) is 4.98. The summed E-state index contributed by atoms with van der Waals surface area (Å²) in [6, 6.07) is 7.24. The van der Waals surface area contributed by atoms with Gasteiger partial charge in [-0.15, -0.1) is 11.8 Å². The van der Waals surface area contributed by atoms with Gasteiger partial charge in [0.05, 0.1) is 11.9 Å². The molecule has 0 unspecified atom stereocenters. The molecular formula is C18H19F2N5S. The topological polar surface area (TPSA) is 55.6 Å². The number of aryl methyl sites for hydroxylation is 2. The standard InChI is InChI=1S/C18H19F2N5S/c1-4-26-13-5-6-14(11(2)7-13)22-18-23-15(8-16(24-18)17(19)20)12-9-21-25(3)10-12/h5-10,17H,4H2,1-3H3,(H,22,23,24). The van der Waals surface area contributed by atoms with Crippen LogP contribution in [0.15, 0.2) is 41.6 Å². The van der Waals surface area contributed by atoms with Crippen LogP contribution in [0.2, 0.25) is 0 Å². The van der Waals surface area contributed by atoms with Crippen molar-refractivity contribution in [1.82, 2.24) is 19.7 Å². The van der Waals surface area contributed by atoms with E-state index in [2.05, 4.69) is 33.4 Å². The first-order valence-corrected chi connectivity index (χ1v) is 9.11. The Morgan fingerprint density at radius 2 is 2.04 bits per heavy atom. The van der Waals surface area contributed by atoms with Crippen molar-refractivity contribution >= 4 is 23.4 Å². The third-order valence-corrected chi connectivity index (χ3v) is 4.60. The minimum Gasteiger partial charge on any atom is -0.324 e. The maximum atomic E-state index is 13.3. The SMILES string of the molecule is CCSc1ccc(Nc2nc(-c3cnn(C)c3)cc(C(F)F)n2)c(C)c1. The second kappa shape index (κ2) is 7.82. The highest BCUT2D eigenvalue weighted by Crippen LogP contribution is 2.28. The first kappa shape index (κ1) is 18.3. The summed E-state index contributed by atoms with van der Waals surface area (Å²) in [5.74, 6) is 1.13. The van der Waals surface area contributed by atoms with E-state index in [-0.39, 0.29) is 11.6 Å². The summed E-state index contributed by atoms with van der Waals surface area (Å²) < 4.78 is 28.1. The van der Waals surface area contributed by atoms with E-state index >= 15 is 0 Å². The Morgan fingerprint density at radius 1 is 1.23 bits per heavy atom. The summed E-state index contributed by atoms with van der Waals surface area (Å²) in [5, 5.41) is 7.13. The first-order valence-electron chi connectivity index (χ1n) is 8.13. The van der Waals surface area contributed by atoms with E-state index in [1.165, 1.54) is 6.07 Å². The summed E-state index contributed by atoms with van der Waals surface area (Å²) in [6.07, 6.45) is 0.630. The average molecular weight is 375 g/mol. The third-order valence-electron chi connectivity index (χ3n) is 3.73. The molecule has 0 bridgehead atoms. The summed E-state index contributed by atoms with van der Waals surface area (Å²) in [4.78, 5) is 9.50. The van der Waals surface area contributed by atoms with Gasteiger partial charge in [0.1, 0.15) is 5.69 Å². The highest BCUT2D eigenvalue weighted by Gasteiger charge is 2.15. The number of hydrogen-bond acceptors (Lipinski definition) is 5. The Balaban J connectivity index is 1.95. The maximum Gasteiger partial charge on any atom is 0.280 e. The van der Waals surface area contributed by atoms with Gasteiger partial charge in [-0.1, -0.05) is 6.92 Å². The zero-order chi connectivity index (χ0) is 18.7. The number of anilines is 2. The molecule has 0 atom stereocenters. The zero-order valence-electron chi connectivity index (χ0n) is 14.7. The molecule has 5 nitrogen and oxygen atoms in total. The molecule has 8 heteroatoms. The van der Waals surface area contributed by atoms with Crippen LogP contribution in [0.25, 0.3) is 11.3 Å². The molecule has 0 saturated carbocycles. The summed E-state index contributed by atoms with van der Waals surface area (Å²) in [5.41, 5.74) is 2.52. The largest absolute Gasteiger partial charge is 0.324 e. The Morgan fingerprint density at radius 3 is 2.65 bits per heavy atom. The maximum absolute atomic E-state index is 13.3. The van der Waals surface area contributed by atoms with Gasteiger partial charge in [0.15, 0.2) is 0 Å². The monoisotopic (exact) mass is 375 g/mol. The van der Waals surface area contributed by atoms with Gasteiger partial charge in [-0.2, -0.15) is 5.10 Å². The fourth-order valence-corrected chi connectivity index (χ4v) is 3.25. The van der Waals surface area contributed by atoms with E-state index in [0.717, 1.165) is 21.9 Å². The van der Waals surface area contributed by atoms with E-state index < -0.39 is 6.43 Å². The number of halogens is 2. The van der Waals surface area contributed by atoms with Crippen molar-refractivity contribution in [2.45, 2.75) is 25.2 Å². The summed E-state index contributed by atoms with van der Waals surface area (Å²) in [7, 11) is 1.76. The predicted molar refractivity (Wildman–Crippen MR) is 100 cm³/mol. The van der Waals surface area contributed by atoms with Gasteiger partial charge >= 0.3 is 0 Å². The highest BCUT2D eigenvalue weighted by molar-refractivity contribution is 7.99. The molecule has 3 aromatic rings. The number of rotatable bonds is 6. The van der Waals surface area contributed by atoms with Crippen LogP contribution in [0.3, 0.4) is 0 Å². The molecule has 0 radical (unpaired) electrons. The average Bonchev–Trinajstić information content (AvgIpc) is 3.04. The van der Waals surface area contributed by atoms with Gasteiger partial charge in [-0.25, -0.2) is 18.7 Å². The smallest absolute Gasteiger partial charge is 0.280 e. The Kier molecular flexibility index (Phi) is 5.51. The Labute approximate surface area is 154 Å². The molecule has 0 spiro atoms. The molecule has 2 heterocycles. The van der Waals surface area contributed by atoms with Crippen molar-refractivity contribution in [1.29, 1.82) is 0 Å². The van der Waals surface area contributed by atoms with Gasteiger partial charge in [-0.05, 0) is 42.5 Å². The molecule has 0 aliphatic rings. The van der Waals surface area contributed by atoms with Crippen LogP contribution in [-0.4, -0.2) is 25.5 Å². The quantitative estimate of drug-likeness (QED) is 0.616. The Hall–Kier alpha value is -2.48. The van der Waals surface area contributed by atoms with Crippen LogP contribution in [0, 0.1) is 6.92 Å². The van der Waals surface area contributed by atoms with Crippen LogP contribution >= 0.6 is 11.8 Å². The lowest BCUT2D eigenvalue weighted by atomic mass is 10.2. The first-order chi connectivity index (χ1) is 12.5. The number of nitrogens with one attached hydrogen (secondary N) is 1. The van der Waals surface area contributed by atoms with Gasteiger partial charge < -0.3 is 5.32 Å². The van der Waals surface area contributed by atoms with Crippen LogP contribution in [0.1, 0.15) is 24.6 Å². The molecule has 0 aliphatic heterocycles. The molecule has 3 rings (SSSR count). The van der Waals surface area contributed by atoms with E-state index in [0.29, 0.717) is 11.3 Å². The second-order valence-corrected chi connectivity index (χ2v) is 7.08. The van der Waals surface area contributed by atoms with Crippen molar-refractivity contribution in [3.8, 4) is 11.3 Å². The highest BCUT2D eigenvalue weighted by atomic mass is 32.2. The number of nitrogens with zero attached hydrogens (tertiary/aromatic N) is 4. The van der Waals surface area contributed by atoms with Gasteiger partial charge in [0.25, 0.3) is 6.43 Å². The minimum atomic E-state index is -2.68. The zero-order valence-corrected chi connectivity index (χ0v) is 15.5. The lowest BCUT2D eigenvalue weighted by molar-refractivity contribution is 0.146. The lowest BCUT2D eigenvalue weighted by Gasteiger charge is -2.12. The Bertz CT molecular complexity index is 910. The van der Waals surface area contributed by atoms with Crippen molar-refractivity contribution < 1.29 is 8.78 Å². The van der Waals surface area contributed by atoms with E-state index in [1.54, 1.807) is 35.9 Å². The normalized spacial score (nSPS) is 11.2. The lowest BCUT2D eigenvalue weighted by Crippen LogP contribution is -2.03. The molecule has 0 fully saturated rings. The molecule has 0 aliphatic carbocycles. The van der Waals surface area contributed by atoms with Crippen molar-refractivity contribution in [2.75, 3.05) is 11.1 Å². The van der Waals surface area contributed by atoms with Crippen LogP contribution in [0.4, 0.5) is 20.4 Å². The number of thioether (sulfide) groups is 1. The molecule has 0 amide bonds. The molecule has 136 valence electrons. The van der Waals surface area contributed by atoms with E-state index in [9.17, 15) is 8.78 Å². The van der Waals surface area contributed by atoms with Crippen LogP contribution < -0.4 is 5.32 Å². The van der Waals surface area contributed by atoms with E-state index in [4.69, 9.17) is 0 Å². The molecule has 0 saturated heterocycles. The molecule has 1 N–H and O–H groups in total. The number of alkyl halides is 2. The number of benzene rings is 1. The van der Waals surface area contributed by atoms with Crippen LogP contribution in [-0.2, 0) is 7.05 Å².